The molecule has 1 heteroatoms. The van der Waals surface area contributed by atoms with Crippen molar-refractivity contribution in [3.63, 3.8) is 0 Å². The molecule has 0 bridgehead atoms. The average Bonchev–Trinajstić information content (AvgIpc) is 1.81. The van der Waals surface area contributed by atoms with E-state index in [1.165, 1.54) is 12.8 Å². The Labute approximate surface area is 89.9 Å². The lowest BCUT2D eigenvalue weighted by Gasteiger charge is -2.30. The van der Waals surface area contributed by atoms with Gasteiger partial charge in [-0.1, -0.05) is 41.5 Å². The van der Waals surface area contributed by atoms with Gasteiger partial charge in [-0.15, -0.1) is 0 Å². The van der Waals surface area contributed by atoms with Crippen molar-refractivity contribution in [1.29, 1.82) is 0 Å². The van der Waals surface area contributed by atoms with E-state index in [4.69, 9.17) is 0 Å². The number of thiol groups is 1. The molecule has 0 aliphatic carbocycles. The fraction of sp³-hybridized carbons (Fsp3) is 1.00. The van der Waals surface area contributed by atoms with Crippen LogP contribution in [-0.2, 0) is 0 Å². The molecule has 0 aromatic rings. The molecule has 80 valence electrons. The molecule has 0 aliphatic rings. The van der Waals surface area contributed by atoms with Crippen molar-refractivity contribution in [2.24, 2.45) is 16.7 Å². The quantitative estimate of drug-likeness (QED) is 0.642. The fourth-order valence-corrected chi connectivity index (χ4v) is 2.25. The number of hydrogen-bond donors (Lipinski definition) is 1. The summed E-state index contributed by atoms with van der Waals surface area (Å²) >= 11 is 4.39. The first-order valence-electron chi connectivity index (χ1n) is 5.27. The van der Waals surface area contributed by atoms with Crippen molar-refractivity contribution >= 4 is 12.6 Å². The average molecular weight is 202 g/mol. The smallest absolute Gasteiger partial charge is 0.00463 e. The van der Waals surface area contributed by atoms with Gasteiger partial charge in [0.1, 0.15) is 0 Å². The molecular weight excluding hydrogens is 176 g/mol. The molecule has 1 atom stereocenters. The Balaban J connectivity index is 3.94. The molecule has 0 saturated carbocycles. The Morgan fingerprint density at radius 1 is 1.00 bits per heavy atom. The van der Waals surface area contributed by atoms with E-state index in [0.29, 0.717) is 10.8 Å². The van der Waals surface area contributed by atoms with Gasteiger partial charge in [0.2, 0.25) is 0 Å². The normalized spacial score (nSPS) is 15.9. The highest BCUT2D eigenvalue weighted by molar-refractivity contribution is 7.80. The molecule has 0 fully saturated rings. The first-order valence-corrected chi connectivity index (χ1v) is 5.90. The van der Waals surface area contributed by atoms with Gasteiger partial charge in [0.15, 0.2) is 0 Å². The molecule has 0 aromatic carbocycles. The highest BCUT2D eigenvalue weighted by Crippen LogP contribution is 2.33. The Morgan fingerprint density at radius 2 is 1.46 bits per heavy atom. The molecule has 1 unspecified atom stereocenters. The summed E-state index contributed by atoms with van der Waals surface area (Å²) in [7, 11) is 0. The maximum absolute atomic E-state index is 4.39. The lowest BCUT2D eigenvalue weighted by Crippen LogP contribution is -2.20. The second-order valence-corrected chi connectivity index (χ2v) is 6.71. The van der Waals surface area contributed by atoms with E-state index in [-0.39, 0.29) is 0 Å². The molecule has 0 heterocycles. The summed E-state index contributed by atoms with van der Waals surface area (Å²) in [5, 5.41) is 0. The van der Waals surface area contributed by atoms with E-state index in [0.717, 1.165) is 11.7 Å². The van der Waals surface area contributed by atoms with Crippen LogP contribution in [0.15, 0.2) is 0 Å². The summed E-state index contributed by atoms with van der Waals surface area (Å²) in [6, 6.07) is 0. The van der Waals surface area contributed by atoms with E-state index >= 15 is 0 Å². The third-order valence-electron chi connectivity index (χ3n) is 2.29. The standard InChI is InChI=1S/C12H26S/c1-10(7-11(2,3)4)8-12(5,6)9-13/h10,13H,7-9H2,1-6H3. The van der Waals surface area contributed by atoms with Crippen molar-refractivity contribution in [3.8, 4) is 0 Å². The second kappa shape index (κ2) is 4.72. The molecule has 0 saturated heterocycles. The topological polar surface area (TPSA) is 0 Å². The van der Waals surface area contributed by atoms with Crippen molar-refractivity contribution < 1.29 is 0 Å². The van der Waals surface area contributed by atoms with E-state index in [2.05, 4.69) is 54.2 Å². The zero-order chi connectivity index (χ0) is 10.7. The maximum Gasteiger partial charge on any atom is -0.00463 e. The Kier molecular flexibility index (Phi) is 4.85. The molecule has 0 aromatic heterocycles. The molecule has 0 aliphatic heterocycles. The van der Waals surface area contributed by atoms with Crippen molar-refractivity contribution in [1.82, 2.24) is 0 Å². The van der Waals surface area contributed by atoms with Crippen LogP contribution in [0.1, 0.15) is 54.4 Å². The van der Waals surface area contributed by atoms with E-state index < -0.39 is 0 Å². The van der Waals surface area contributed by atoms with Gasteiger partial charge in [-0.05, 0) is 35.3 Å². The minimum absolute atomic E-state index is 0.397. The monoisotopic (exact) mass is 202 g/mol. The first-order chi connectivity index (χ1) is 5.66. The maximum atomic E-state index is 4.39. The number of rotatable bonds is 4. The molecule has 0 amide bonds. The minimum atomic E-state index is 0.397. The molecule has 0 spiro atoms. The summed E-state index contributed by atoms with van der Waals surface area (Å²) < 4.78 is 0. The molecule has 0 rings (SSSR count). The van der Waals surface area contributed by atoms with Crippen LogP contribution in [0.3, 0.4) is 0 Å². The Hall–Kier alpha value is 0.350. The van der Waals surface area contributed by atoms with Crippen molar-refractivity contribution in [3.05, 3.63) is 0 Å². The van der Waals surface area contributed by atoms with Crippen LogP contribution in [-0.4, -0.2) is 5.75 Å². The number of hydrogen-bond acceptors (Lipinski definition) is 1. The van der Waals surface area contributed by atoms with Crippen LogP contribution in [0.4, 0.5) is 0 Å². The predicted octanol–water partition coefficient (Wildman–Crippen LogP) is 4.40. The fourth-order valence-electron chi connectivity index (χ4n) is 2.13. The molecule has 0 nitrogen and oxygen atoms in total. The molecule has 13 heavy (non-hydrogen) atoms. The summed E-state index contributed by atoms with van der Waals surface area (Å²) in [5.41, 5.74) is 0.861. The van der Waals surface area contributed by atoms with E-state index in [9.17, 15) is 0 Å². The first kappa shape index (κ1) is 13.4. The van der Waals surface area contributed by atoms with Crippen LogP contribution in [0.2, 0.25) is 0 Å². The summed E-state index contributed by atoms with van der Waals surface area (Å²) in [4.78, 5) is 0. The molecule has 0 N–H and O–H groups in total. The van der Waals surface area contributed by atoms with Crippen molar-refractivity contribution in [2.75, 3.05) is 5.75 Å². The van der Waals surface area contributed by atoms with Gasteiger partial charge in [-0.2, -0.15) is 12.6 Å². The van der Waals surface area contributed by atoms with Gasteiger partial charge < -0.3 is 0 Å². The van der Waals surface area contributed by atoms with E-state index in [1.807, 2.05) is 0 Å². The van der Waals surface area contributed by atoms with Crippen molar-refractivity contribution in [2.45, 2.75) is 54.4 Å². The summed E-state index contributed by atoms with van der Waals surface area (Å²) in [6.45, 7) is 13.9. The SMILES string of the molecule is CC(CC(C)(C)C)CC(C)(C)CS. The highest BCUT2D eigenvalue weighted by Gasteiger charge is 2.22. The Bertz CT molecular complexity index is 142. The van der Waals surface area contributed by atoms with Crippen LogP contribution in [0, 0.1) is 16.7 Å². The zero-order valence-corrected chi connectivity index (χ0v) is 11.0. The highest BCUT2D eigenvalue weighted by atomic mass is 32.1. The molecule has 0 radical (unpaired) electrons. The third-order valence-corrected chi connectivity index (χ3v) is 3.15. The van der Waals surface area contributed by atoms with Crippen LogP contribution in [0.5, 0.6) is 0 Å². The lowest BCUT2D eigenvalue weighted by atomic mass is 9.78. The zero-order valence-electron chi connectivity index (χ0n) is 10.1. The van der Waals surface area contributed by atoms with Gasteiger partial charge in [0, 0.05) is 0 Å². The lowest BCUT2D eigenvalue weighted by molar-refractivity contribution is 0.237. The summed E-state index contributed by atoms with van der Waals surface area (Å²) in [5.74, 6) is 1.80. The van der Waals surface area contributed by atoms with Crippen LogP contribution in [0.25, 0.3) is 0 Å². The molecular formula is C12H26S. The predicted molar refractivity (Wildman–Crippen MR) is 65.5 cm³/mol. The Morgan fingerprint density at radius 3 is 1.77 bits per heavy atom. The van der Waals surface area contributed by atoms with Gasteiger partial charge >= 0.3 is 0 Å². The van der Waals surface area contributed by atoms with E-state index in [1.54, 1.807) is 0 Å². The van der Waals surface area contributed by atoms with Gasteiger partial charge in [-0.3, -0.25) is 0 Å². The van der Waals surface area contributed by atoms with Gasteiger partial charge in [-0.25, -0.2) is 0 Å². The van der Waals surface area contributed by atoms with Crippen LogP contribution < -0.4 is 0 Å². The van der Waals surface area contributed by atoms with Crippen LogP contribution >= 0.6 is 12.6 Å². The second-order valence-electron chi connectivity index (χ2n) is 6.40. The minimum Gasteiger partial charge on any atom is -0.179 e. The largest absolute Gasteiger partial charge is 0.179 e. The summed E-state index contributed by atoms with van der Waals surface area (Å²) in [6.07, 6.45) is 2.60. The van der Waals surface area contributed by atoms with Gasteiger partial charge in [0.25, 0.3) is 0 Å². The van der Waals surface area contributed by atoms with Gasteiger partial charge in [0.05, 0.1) is 0 Å². The third kappa shape index (κ3) is 7.42.